The summed E-state index contributed by atoms with van der Waals surface area (Å²) in [5.41, 5.74) is 5.39. The molecule has 0 aliphatic carbocycles. The fourth-order valence-corrected chi connectivity index (χ4v) is 1.20. The largest absolute Gasteiger partial charge is 0.395 e. The molecule has 0 aromatic carbocycles. The first-order valence-electron chi connectivity index (χ1n) is 4.68. The normalized spacial score (nSPS) is 10.3. The Bertz CT molecular complexity index is 319. The number of carbonyl (C=O) groups is 1. The zero-order chi connectivity index (χ0) is 11.3. The van der Waals surface area contributed by atoms with Crippen LogP contribution < -0.4 is 5.73 Å². The number of nitrogens with zero attached hydrogens (tertiary/aromatic N) is 3. The number of aromatic nitrogens is 2. The van der Waals surface area contributed by atoms with Crippen molar-refractivity contribution in [2.75, 3.05) is 25.4 Å². The van der Waals surface area contributed by atoms with Crippen LogP contribution >= 0.6 is 0 Å². The van der Waals surface area contributed by atoms with Crippen LogP contribution in [-0.4, -0.2) is 45.9 Å². The van der Waals surface area contributed by atoms with Crippen LogP contribution in [0, 0.1) is 0 Å². The van der Waals surface area contributed by atoms with Crippen molar-refractivity contribution in [2.24, 2.45) is 0 Å². The van der Waals surface area contributed by atoms with Crippen molar-refractivity contribution in [2.45, 2.75) is 13.3 Å². The van der Waals surface area contributed by atoms with Crippen LogP contribution in [0.5, 0.6) is 0 Å². The Labute approximate surface area is 86.8 Å². The summed E-state index contributed by atoms with van der Waals surface area (Å²) in [6.45, 7) is 2.61. The van der Waals surface area contributed by atoms with Crippen molar-refractivity contribution in [3.05, 3.63) is 5.69 Å². The van der Waals surface area contributed by atoms with Gasteiger partial charge in [-0.25, -0.2) is 4.63 Å². The van der Waals surface area contributed by atoms with Gasteiger partial charge in [0.2, 0.25) is 11.5 Å². The molecule has 1 rings (SSSR count). The second kappa shape index (κ2) is 5.30. The van der Waals surface area contributed by atoms with E-state index >= 15 is 0 Å². The third kappa shape index (κ3) is 2.66. The fourth-order valence-electron chi connectivity index (χ4n) is 1.20. The molecule has 1 heterocycles. The summed E-state index contributed by atoms with van der Waals surface area (Å²) < 4.78 is 4.34. The summed E-state index contributed by atoms with van der Waals surface area (Å²) in [6, 6.07) is 0. The Morgan fingerprint density at radius 1 is 1.53 bits per heavy atom. The molecule has 0 atom stereocenters. The summed E-state index contributed by atoms with van der Waals surface area (Å²) in [6.07, 6.45) is 0.789. The average molecular weight is 214 g/mol. The van der Waals surface area contributed by atoms with Crippen molar-refractivity contribution >= 4 is 11.7 Å². The molecule has 0 saturated carbocycles. The maximum Gasteiger partial charge on any atom is 0.280 e. The summed E-state index contributed by atoms with van der Waals surface area (Å²) >= 11 is 0. The van der Waals surface area contributed by atoms with Gasteiger partial charge in [0.1, 0.15) is 0 Å². The number of nitrogens with two attached hydrogens (primary N) is 1. The van der Waals surface area contributed by atoms with Gasteiger partial charge < -0.3 is 15.7 Å². The van der Waals surface area contributed by atoms with E-state index in [1.807, 2.05) is 6.92 Å². The number of rotatable bonds is 5. The predicted molar refractivity (Wildman–Crippen MR) is 52.0 cm³/mol. The maximum absolute atomic E-state index is 11.8. The van der Waals surface area contributed by atoms with Gasteiger partial charge in [-0.1, -0.05) is 6.92 Å². The van der Waals surface area contributed by atoms with Gasteiger partial charge in [-0.2, -0.15) is 0 Å². The Kier molecular flexibility index (Phi) is 4.04. The molecule has 1 amide bonds. The van der Waals surface area contributed by atoms with E-state index < -0.39 is 0 Å². The van der Waals surface area contributed by atoms with Gasteiger partial charge in [-0.3, -0.25) is 4.79 Å². The lowest BCUT2D eigenvalue weighted by atomic mass is 10.3. The van der Waals surface area contributed by atoms with Gasteiger partial charge in [0.25, 0.3) is 5.91 Å². The van der Waals surface area contributed by atoms with Crippen LogP contribution in [0.25, 0.3) is 0 Å². The molecule has 0 aliphatic rings. The second-order valence-electron chi connectivity index (χ2n) is 3.01. The molecule has 0 unspecified atom stereocenters. The highest BCUT2D eigenvalue weighted by atomic mass is 16.6. The summed E-state index contributed by atoms with van der Waals surface area (Å²) in [5.74, 6) is -0.399. The summed E-state index contributed by atoms with van der Waals surface area (Å²) in [4.78, 5) is 13.2. The van der Waals surface area contributed by atoms with Crippen molar-refractivity contribution in [1.82, 2.24) is 15.2 Å². The highest BCUT2D eigenvalue weighted by Crippen LogP contribution is 2.08. The summed E-state index contributed by atoms with van der Waals surface area (Å²) in [7, 11) is 0. The molecule has 0 fully saturated rings. The van der Waals surface area contributed by atoms with E-state index in [2.05, 4.69) is 14.9 Å². The minimum Gasteiger partial charge on any atom is -0.395 e. The first-order valence-corrected chi connectivity index (χ1v) is 4.68. The molecule has 0 saturated heterocycles. The minimum atomic E-state index is -0.371. The van der Waals surface area contributed by atoms with E-state index in [4.69, 9.17) is 10.8 Å². The van der Waals surface area contributed by atoms with E-state index in [1.54, 1.807) is 0 Å². The molecule has 0 aliphatic heterocycles. The highest BCUT2D eigenvalue weighted by Gasteiger charge is 2.21. The number of aliphatic hydroxyl groups is 1. The molecule has 7 heteroatoms. The number of aliphatic hydroxyl groups excluding tert-OH is 1. The van der Waals surface area contributed by atoms with Gasteiger partial charge in [0.05, 0.1) is 6.61 Å². The highest BCUT2D eigenvalue weighted by molar-refractivity contribution is 5.96. The van der Waals surface area contributed by atoms with E-state index in [-0.39, 0.29) is 30.6 Å². The second-order valence-corrected chi connectivity index (χ2v) is 3.01. The third-order valence-electron chi connectivity index (χ3n) is 1.87. The molecule has 0 spiro atoms. The van der Waals surface area contributed by atoms with Crippen molar-refractivity contribution < 1.29 is 14.5 Å². The lowest BCUT2D eigenvalue weighted by Gasteiger charge is -2.19. The minimum absolute atomic E-state index is 0.00287. The van der Waals surface area contributed by atoms with Gasteiger partial charge in [-0.15, -0.1) is 0 Å². The first kappa shape index (κ1) is 11.4. The molecule has 84 valence electrons. The zero-order valence-corrected chi connectivity index (χ0v) is 8.51. The molecule has 0 bridgehead atoms. The molecular formula is C8H14N4O3. The third-order valence-corrected chi connectivity index (χ3v) is 1.87. The van der Waals surface area contributed by atoms with Gasteiger partial charge in [-0.05, 0) is 16.7 Å². The monoisotopic (exact) mass is 214 g/mol. The van der Waals surface area contributed by atoms with Gasteiger partial charge in [0, 0.05) is 13.1 Å². The number of hydrogen-bond acceptors (Lipinski definition) is 6. The van der Waals surface area contributed by atoms with Crippen LogP contribution in [0.1, 0.15) is 23.8 Å². The molecule has 7 nitrogen and oxygen atoms in total. The Balaban J connectivity index is 2.76. The van der Waals surface area contributed by atoms with Crippen LogP contribution in [0.15, 0.2) is 4.63 Å². The molecule has 1 aromatic heterocycles. The van der Waals surface area contributed by atoms with Crippen LogP contribution in [0.2, 0.25) is 0 Å². The van der Waals surface area contributed by atoms with Crippen LogP contribution in [0.3, 0.4) is 0 Å². The number of amides is 1. The van der Waals surface area contributed by atoms with Crippen molar-refractivity contribution in [3.8, 4) is 0 Å². The van der Waals surface area contributed by atoms with Crippen molar-refractivity contribution in [3.63, 3.8) is 0 Å². The predicted octanol–water partition coefficient (Wildman–Crippen LogP) is -0.504. The number of nitrogen functional groups attached to an aromatic ring is 1. The Morgan fingerprint density at radius 3 is 2.73 bits per heavy atom. The van der Waals surface area contributed by atoms with E-state index in [9.17, 15) is 4.79 Å². The molecule has 3 N–H and O–H groups in total. The lowest BCUT2D eigenvalue weighted by molar-refractivity contribution is 0.0711. The number of anilines is 1. The molecule has 1 aromatic rings. The van der Waals surface area contributed by atoms with Gasteiger partial charge in [0.15, 0.2) is 0 Å². The Hall–Kier alpha value is -1.63. The maximum atomic E-state index is 11.8. The van der Waals surface area contributed by atoms with Crippen LogP contribution in [0.4, 0.5) is 5.82 Å². The Morgan fingerprint density at radius 2 is 2.27 bits per heavy atom. The summed E-state index contributed by atoms with van der Waals surface area (Å²) in [5, 5.41) is 15.5. The van der Waals surface area contributed by atoms with Crippen LogP contribution in [-0.2, 0) is 0 Å². The lowest BCUT2D eigenvalue weighted by Crippen LogP contribution is -2.34. The quantitative estimate of drug-likeness (QED) is 0.684. The standard InChI is InChI=1S/C8H14N4O3/c1-2-3-12(4-5-13)8(14)6-7(9)11-15-10-6/h13H,2-5H2,1H3,(H2,9,11). The van der Waals surface area contributed by atoms with E-state index in [1.165, 1.54) is 4.90 Å². The fraction of sp³-hybridized carbons (Fsp3) is 0.625. The topological polar surface area (TPSA) is 105 Å². The van der Waals surface area contributed by atoms with Crippen molar-refractivity contribution in [1.29, 1.82) is 0 Å². The zero-order valence-electron chi connectivity index (χ0n) is 8.51. The first-order chi connectivity index (χ1) is 7.20. The van der Waals surface area contributed by atoms with Gasteiger partial charge >= 0.3 is 0 Å². The smallest absolute Gasteiger partial charge is 0.280 e. The molecule has 0 radical (unpaired) electrons. The average Bonchev–Trinajstić information content (AvgIpc) is 2.63. The molecule has 15 heavy (non-hydrogen) atoms. The number of hydrogen-bond donors (Lipinski definition) is 2. The SMILES string of the molecule is CCCN(CCO)C(=O)c1nonc1N. The van der Waals surface area contributed by atoms with E-state index in [0.717, 1.165) is 6.42 Å². The number of carbonyl (C=O) groups excluding carboxylic acids is 1. The van der Waals surface area contributed by atoms with E-state index in [0.29, 0.717) is 6.54 Å². The molecular weight excluding hydrogens is 200 g/mol.